The number of nitrogens with one attached hydrogen (secondary N) is 1. The molecule has 1 aliphatic rings. The van der Waals surface area contributed by atoms with Crippen LogP contribution in [0.15, 0.2) is 36.5 Å². The van der Waals surface area contributed by atoms with Gasteiger partial charge in [-0.2, -0.15) is 5.10 Å². The number of hydrogen-bond acceptors (Lipinski definition) is 4. The van der Waals surface area contributed by atoms with Crippen molar-refractivity contribution in [2.75, 3.05) is 46.3 Å². The van der Waals surface area contributed by atoms with E-state index < -0.39 is 0 Å². The number of likely N-dealkylation sites (N-methyl/N-ethyl adjacent to an activating group) is 1. The van der Waals surface area contributed by atoms with Crippen LogP contribution in [0.4, 0.5) is 0 Å². The monoisotopic (exact) mass is 327 g/mol. The van der Waals surface area contributed by atoms with E-state index in [-0.39, 0.29) is 5.91 Å². The summed E-state index contributed by atoms with van der Waals surface area (Å²) in [6, 6.07) is 9.83. The molecule has 1 fully saturated rings. The third-order valence-electron chi connectivity index (χ3n) is 4.47. The lowest BCUT2D eigenvalue weighted by atomic mass is 10.2. The highest BCUT2D eigenvalue weighted by molar-refractivity contribution is 5.95. The molecule has 1 N–H and O–H groups in total. The molecular formula is C18H25N5O. The second kappa shape index (κ2) is 7.59. The summed E-state index contributed by atoms with van der Waals surface area (Å²) in [5.74, 6) is -0.0520. The zero-order chi connectivity index (χ0) is 16.9. The molecule has 24 heavy (non-hydrogen) atoms. The van der Waals surface area contributed by atoms with Crippen LogP contribution in [0.3, 0.4) is 0 Å². The van der Waals surface area contributed by atoms with Gasteiger partial charge >= 0.3 is 0 Å². The highest BCUT2D eigenvalue weighted by atomic mass is 16.1. The maximum atomic E-state index is 12.4. The van der Waals surface area contributed by atoms with Crippen LogP contribution in [0, 0.1) is 6.92 Å². The first-order valence-electron chi connectivity index (χ1n) is 8.44. The van der Waals surface area contributed by atoms with Crippen molar-refractivity contribution >= 4 is 5.91 Å². The maximum Gasteiger partial charge on any atom is 0.254 e. The first-order chi connectivity index (χ1) is 11.6. The van der Waals surface area contributed by atoms with E-state index in [2.05, 4.69) is 27.3 Å². The van der Waals surface area contributed by atoms with Crippen molar-refractivity contribution in [3.8, 4) is 5.69 Å². The largest absolute Gasteiger partial charge is 0.351 e. The molecule has 1 aromatic heterocycles. The van der Waals surface area contributed by atoms with Gasteiger partial charge in [0.25, 0.3) is 5.91 Å². The number of para-hydroxylation sites is 1. The van der Waals surface area contributed by atoms with E-state index >= 15 is 0 Å². The molecule has 0 saturated carbocycles. The minimum atomic E-state index is -0.0520. The summed E-state index contributed by atoms with van der Waals surface area (Å²) in [5, 5.41) is 7.46. The van der Waals surface area contributed by atoms with Crippen LogP contribution < -0.4 is 5.32 Å². The van der Waals surface area contributed by atoms with Crippen LogP contribution in [0.2, 0.25) is 0 Å². The van der Waals surface area contributed by atoms with Gasteiger partial charge in [0.15, 0.2) is 0 Å². The minimum Gasteiger partial charge on any atom is -0.351 e. The molecule has 1 aromatic carbocycles. The van der Waals surface area contributed by atoms with Crippen LogP contribution in [0.5, 0.6) is 0 Å². The Morgan fingerprint density at radius 2 is 1.88 bits per heavy atom. The second-order valence-electron chi connectivity index (χ2n) is 6.31. The fourth-order valence-electron chi connectivity index (χ4n) is 2.89. The van der Waals surface area contributed by atoms with E-state index in [9.17, 15) is 4.79 Å². The molecule has 0 bridgehead atoms. The van der Waals surface area contributed by atoms with Gasteiger partial charge in [-0.3, -0.25) is 9.69 Å². The van der Waals surface area contributed by atoms with Crippen LogP contribution in [-0.2, 0) is 0 Å². The molecule has 1 saturated heterocycles. The Bertz CT molecular complexity index is 674. The molecule has 2 heterocycles. The molecule has 2 aromatic rings. The van der Waals surface area contributed by atoms with E-state index in [1.54, 1.807) is 10.9 Å². The van der Waals surface area contributed by atoms with Gasteiger partial charge in [0.1, 0.15) is 0 Å². The molecule has 6 heteroatoms. The van der Waals surface area contributed by atoms with Crippen molar-refractivity contribution in [3.05, 3.63) is 47.8 Å². The molecule has 3 rings (SSSR count). The summed E-state index contributed by atoms with van der Waals surface area (Å²) in [7, 11) is 2.15. The summed E-state index contributed by atoms with van der Waals surface area (Å²) in [5.41, 5.74) is 2.34. The summed E-state index contributed by atoms with van der Waals surface area (Å²) in [6.45, 7) is 7.75. The maximum absolute atomic E-state index is 12.4. The number of aromatic nitrogens is 2. The van der Waals surface area contributed by atoms with Gasteiger partial charge in [-0.15, -0.1) is 0 Å². The Balaban J connectivity index is 1.55. The van der Waals surface area contributed by atoms with Crippen molar-refractivity contribution < 1.29 is 4.79 Å². The number of amides is 1. The van der Waals surface area contributed by atoms with Gasteiger partial charge in [0, 0.05) is 45.5 Å². The molecule has 0 aliphatic carbocycles. The van der Waals surface area contributed by atoms with Crippen LogP contribution >= 0.6 is 0 Å². The average Bonchev–Trinajstić information content (AvgIpc) is 2.99. The van der Waals surface area contributed by atoms with Crippen LogP contribution in [0.1, 0.15) is 16.1 Å². The number of piperazine rings is 1. The number of hydrogen-bond donors (Lipinski definition) is 1. The molecular weight excluding hydrogens is 302 g/mol. The van der Waals surface area contributed by atoms with Crippen molar-refractivity contribution in [1.29, 1.82) is 0 Å². The van der Waals surface area contributed by atoms with Gasteiger partial charge in [0.05, 0.1) is 16.9 Å². The normalized spacial score (nSPS) is 16.2. The van der Waals surface area contributed by atoms with Crippen molar-refractivity contribution in [2.45, 2.75) is 6.92 Å². The quantitative estimate of drug-likeness (QED) is 0.895. The zero-order valence-electron chi connectivity index (χ0n) is 14.4. The smallest absolute Gasteiger partial charge is 0.254 e. The standard InChI is InChI=1S/C18H25N5O/c1-15-17(14-23(20-15)16-6-4-3-5-7-16)18(24)19-8-9-22-12-10-21(2)11-13-22/h3-7,14H,8-13H2,1-2H3,(H,19,24). The van der Waals surface area contributed by atoms with Crippen LogP contribution in [0.25, 0.3) is 5.69 Å². The predicted octanol–water partition coefficient (Wildman–Crippen LogP) is 1.16. The molecule has 128 valence electrons. The Labute approximate surface area is 143 Å². The second-order valence-corrected chi connectivity index (χ2v) is 6.31. The number of carbonyl (C=O) groups is 1. The number of nitrogens with zero attached hydrogens (tertiary/aromatic N) is 4. The van der Waals surface area contributed by atoms with Crippen molar-refractivity contribution in [2.24, 2.45) is 0 Å². The van der Waals surface area contributed by atoms with E-state index in [0.717, 1.165) is 44.1 Å². The van der Waals surface area contributed by atoms with Crippen LogP contribution in [-0.4, -0.2) is 71.8 Å². The summed E-state index contributed by atoms with van der Waals surface area (Å²) in [4.78, 5) is 17.1. The van der Waals surface area contributed by atoms with Gasteiger partial charge < -0.3 is 10.2 Å². The topological polar surface area (TPSA) is 53.4 Å². The van der Waals surface area contributed by atoms with Gasteiger partial charge in [-0.1, -0.05) is 18.2 Å². The molecule has 1 amide bonds. The van der Waals surface area contributed by atoms with Gasteiger partial charge in [-0.05, 0) is 26.1 Å². The summed E-state index contributed by atoms with van der Waals surface area (Å²) < 4.78 is 1.75. The summed E-state index contributed by atoms with van der Waals surface area (Å²) >= 11 is 0. The van der Waals surface area contributed by atoms with E-state index in [4.69, 9.17) is 0 Å². The third-order valence-corrected chi connectivity index (χ3v) is 4.47. The van der Waals surface area contributed by atoms with Crippen molar-refractivity contribution in [1.82, 2.24) is 24.9 Å². The SMILES string of the molecule is Cc1nn(-c2ccccc2)cc1C(=O)NCCN1CCN(C)CC1. The van der Waals surface area contributed by atoms with E-state index in [1.165, 1.54) is 0 Å². The Morgan fingerprint density at radius 1 is 1.17 bits per heavy atom. The van der Waals surface area contributed by atoms with Crippen molar-refractivity contribution in [3.63, 3.8) is 0 Å². The highest BCUT2D eigenvalue weighted by Crippen LogP contribution is 2.11. The Morgan fingerprint density at radius 3 is 2.58 bits per heavy atom. The van der Waals surface area contributed by atoms with Gasteiger partial charge in [0.2, 0.25) is 0 Å². The first kappa shape index (κ1) is 16.7. The number of rotatable bonds is 5. The molecule has 0 atom stereocenters. The molecule has 6 nitrogen and oxygen atoms in total. The average molecular weight is 327 g/mol. The molecule has 0 unspecified atom stereocenters. The lowest BCUT2D eigenvalue weighted by Gasteiger charge is -2.32. The minimum absolute atomic E-state index is 0.0520. The molecule has 0 spiro atoms. The number of aryl methyl sites for hydroxylation is 1. The predicted molar refractivity (Wildman–Crippen MR) is 94.6 cm³/mol. The summed E-state index contributed by atoms with van der Waals surface area (Å²) in [6.07, 6.45) is 1.80. The fraction of sp³-hybridized carbons (Fsp3) is 0.444. The highest BCUT2D eigenvalue weighted by Gasteiger charge is 2.16. The lowest BCUT2D eigenvalue weighted by molar-refractivity contribution is 0.0940. The zero-order valence-corrected chi connectivity index (χ0v) is 14.4. The Kier molecular flexibility index (Phi) is 5.27. The van der Waals surface area contributed by atoms with Gasteiger partial charge in [-0.25, -0.2) is 4.68 Å². The molecule has 1 aliphatic heterocycles. The Hall–Kier alpha value is -2.18. The fourth-order valence-corrected chi connectivity index (χ4v) is 2.89. The van der Waals surface area contributed by atoms with E-state index in [1.807, 2.05) is 37.3 Å². The van der Waals surface area contributed by atoms with E-state index in [0.29, 0.717) is 12.1 Å². The third kappa shape index (κ3) is 4.01. The first-order valence-corrected chi connectivity index (χ1v) is 8.44. The number of benzene rings is 1. The number of carbonyl (C=O) groups excluding carboxylic acids is 1. The lowest BCUT2D eigenvalue weighted by Crippen LogP contribution is -2.46. The molecule has 0 radical (unpaired) electrons.